The zero-order valence-electron chi connectivity index (χ0n) is 26.8. The fourth-order valence-corrected chi connectivity index (χ4v) is 6.00. The molecule has 11 heteroatoms. The molecule has 9 nitrogen and oxygen atoms in total. The van der Waals surface area contributed by atoms with Gasteiger partial charge in [0.1, 0.15) is 6.04 Å². The summed E-state index contributed by atoms with van der Waals surface area (Å²) in [5, 5.41) is 3.55. The summed E-state index contributed by atoms with van der Waals surface area (Å²) in [4.78, 5) is 29.7. The molecule has 0 heterocycles. The van der Waals surface area contributed by atoms with E-state index in [-0.39, 0.29) is 25.4 Å². The van der Waals surface area contributed by atoms with Crippen molar-refractivity contribution in [3.8, 4) is 11.5 Å². The van der Waals surface area contributed by atoms with Crippen LogP contribution in [0.2, 0.25) is 5.02 Å². The quantitative estimate of drug-likeness (QED) is 0.177. The normalized spacial score (nSPS) is 11.9. The number of nitrogens with one attached hydrogen (secondary N) is 1. The monoisotopic (exact) mass is 677 g/mol. The third-order valence-electron chi connectivity index (χ3n) is 7.68. The predicted octanol–water partition coefficient (Wildman–Crippen LogP) is 5.12. The van der Waals surface area contributed by atoms with Crippen LogP contribution in [-0.2, 0) is 45.5 Å². The molecule has 2 amide bonds. The Hall–Kier alpha value is -4.38. The highest BCUT2D eigenvalue weighted by Crippen LogP contribution is 2.27. The number of benzene rings is 4. The van der Waals surface area contributed by atoms with Gasteiger partial charge in [-0.05, 0) is 52.9 Å². The molecule has 0 aliphatic heterocycles. The maximum absolute atomic E-state index is 14.2. The summed E-state index contributed by atoms with van der Waals surface area (Å²) in [6.07, 6.45) is 1.81. The van der Waals surface area contributed by atoms with Crippen LogP contribution in [-0.4, -0.2) is 69.0 Å². The largest absolute Gasteiger partial charge is 0.493 e. The molecule has 0 saturated heterocycles. The van der Waals surface area contributed by atoms with E-state index in [1.54, 1.807) is 50.6 Å². The van der Waals surface area contributed by atoms with Gasteiger partial charge >= 0.3 is 0 Å². The fraction of sp³-hybridized carbons (Fsp3) is 0.278. The van der Waals surface area contributed by atoms with E-state index in [9.17, 15) is 18.0 Å². The van der Waals surface area contributed by atoms with Gasteiger partial charge in [-0.3, -0.25) is 9.59 Å². The second kappa shape index (κ2) is 17.0. The topological polar surface area (TPSA) is 105 Å². The highest BCUT2D eigenvalue weighted by Gasteiger charge is 2.33. The molecule has 4 rings (SSSR count). The van der Waals surface area contributed by atoms with Gasteiger partial charge in [0.05, 0.1) is 27.0 Å². The summed E-state index contributed by atoms with van der Waals surface area (Å²) >= 11 is 6.14. The number of nitrogens with zero attached hydrogens (tertiary/aromatic N) is 2. The predicted molar refractivity (Wildman–Crippen MR) is 184 cm³/mol. The molecule has 4 aromatic carbocycles. The van der Waals surface area contributed by atoms with Gasteiger partial charge in [-0.25, -0.2) is 8.42 Å². The first-order valence-corrected chi connectivity index (χ1v) is 17.4. The minimum Gasteiger partial charge on any atom is -0.493 e. The molecule has 0 bridgehead atoms. The zero-order valence-corrected chi connectivity index (χ0v) is 28.3. The minimum absolute atomic E-state index is 0.0150. The molecule has 0 fully saturated rings. The number of ether oxygens (including phenoxy) is 2. The molecule has 0 aromatic heterocycles. The number of hydrogen-bond donors (Lipinski definition) is 1. The lowest BCUT2D eigenvalue weighted by atomic mass is 10.0. The van der Waals surface area contributed by atoms with E-state index in [4.69, 9.17) is 21.1 Å². The Morgan fingerprint density at radius 2 is 1.34 bits per heavy atom. The summed E-state index contributed by atoms with van der Waals surface area (Å²) in [5.74, 6) is 0.335. The van der Waals surface area contributed by atoms with E-state index < -0.39 is 28.5 Å². The number of carbonyl (C=O) groups is 2. The molecule has 1 N–H and O–H groups in total. The van der Waals surface area contributed by atoms with Crippen LogP contribution in [0.4, 0.5) is 0 Å². The fourth-order valence-electron chi connectivity index (χ4n) is 5.14. The number of halogens is 1. The number of hydrogen-bond acceptors (Lipinski definition) is 6. The van der Waals surface area contributed by atoms with Crippen LogP contribution < -0.4 is 14.8 Å². The molecule has 1 unspecified atom stereocenters. The van der Waals surface area contributed by atoms with Crippen molar-refractivity contribution in [1.82, 2.24) is 14.5 Å². The van der Waals surface area contributed by atoms with Gasteiger partial charge in [0, 0.05) is 31.1 Å². The Kier molecular flexibility index (Phi) is 12.8. The van der Waals surface area contributed by atoms with Crippen molar-refractivity contribution in [3.05, 3.63) is 130 Å². The van der Waals surface area contributed by atoms with Gasteiger partial charge in [0.2, 0.25) is 21.8 Å². The summed E-state index contributed by atoms with van der Waals surface area (Å²) in [7, 11) is -0.650. The van der Waals surface area contributed by atoms with Crippen molar-refractivity contribution in [2.24, 2.45) is 0 Å². The zero-order chi connectivity index (χ0) is 33.8. The number of amides is 2. The van der Waals surface area contributed by atoms with Crippen molar-refractivity contribution in [2.75, 3.05) is 33.6 Å². The Bertz CT molecular complexity index is 1720. The van der Waals surface area contributed by atoms with Crippen LogP contribution in [0.25, 0.3) is 0 Å². The van der Waals surface area contributed by atoms with Crippen LogP contribution in [0.15, 0.2) is 103 Å². The standard InChI is InChI=1S/C36H40ClN3O6S/c1-45-33-19-16-28(23-34(33)46-2)20-21-38-36(42)32(22-27-10-6-4-7-11-27)40(25-30-14-17-31(37)18-15-30)35(41)26-39(47(3,43)44)24-29-12-8-5-9-13-29/h4-19,23,32H,20-22,24-26H2,1-3H3,(H,38,42). The van der Waals surface area contributed by atoms with Gasteiger partial charge in [-0.2, -0.15) is 4.31 Å². The molecule has 0 spiro atoms. The van der Waals surface area contributed by atoms with Crippen LogP contribution in [0, 0.1) is 0 Å². The maximum Gasteiger partial charge on any atom is 0.243 e. The molecule has 4 aromatic rings. The summed E-state index contributed by atoms with van der Waals surface area (Å²) in [6, 6.07) is 30.1. The number of carbonyl (C=O) groups excluding carboxylic acids is 2. The van der Waals surface area contributed by atoms with Crippen molar-refractivity contribution >= 4 is 33.4 Å². The molecule has 0 aliphatic rings. The molecule has 0 saturated carbocycles. The molecule has 0 aliphatic carbocycles. The molecule has 47 heavy (non-hydrogen) atoms. The van der Waals surface area contributed by atoms with E-state index in [0.717, 1.165) is 32.8 Å². The highest BCUT2D eigenvalue weighted by molar-refractivity contribution is 7.88. The van der Waals surface area contributed by atoms with Gasteiger partial charge in [0.25, 0.3) is 0 Å². The Labute approximate surface area is 282 Å². The smallest absolute Gasteiger partial charge is 0.243 e. The second-order valence-corrected chi connectivity index (χ2v) is 13.5. The van der Waals surface area contributed by atoms with Gasteiger partial charge in [0.15, 0.2) is 11.5 Å². The average molecular weight is 678 g/mol. The number of sulfonamides is 1. The number of methoxy groups -OCH3 is 2. The van der Waals surface area contributed by atoms with E-state index in [1.807, 2.05) is 66.7 Å². The molecular formula is C36H40ClN3O6S. The SMILES string of the molecule is COc1ccc(CCNC(=O)C(Cc2ccccc2)N(Cc2ccc(Cl)cc2)C(=O)CN(Cc2ccccc2)S(C)(=O)=O)cc1OC. The molecule has 248 valence electrons. The van der Waals surface area contributed by atoms with Gasteiger partial charge < -0.3 is 19.7 Å². The second-order valence-electron chi connectivity index (χ2n) is 11.1. The van der Waals surface area contributed by atoms with Crippen LogP contribution in [0.1, 0.15) is 22.3 Å². The molecule has 0 radical (unpaired) electrons. The lowest BCUT2D eigenvalue weighted by molar-refractivity contribution is -0.141. The molecular weight excluding hydrogens is 638 g/mol. The Morgan fingerprint density at radius 1 is 0.766 bits per heavy atom. The Morgan fingerprint density at radius 3 is 1.94 bits per heavy atom. The average Bonchev–Trinajstić information content (AvgIpc) is 3.07. The van der Waals surface area contributed by atoms with Gasteiger partial charge in [-0.15, -0.1) is 0 Å². The van der Waals surface area contributed by atoms with E-state index >= 15 is 0 Å². The first kappa shape index (κ1) is 35.5. The third kappa shape index (κ3) is 10.6. The highest BCUT2D eigenvalue weighted by atomic mass is 35.5. The van der Waals surface area contributed by atoms with E-state index in [1.165, 1.54) is 4.90 Å². The molecule has 1 atom stereocenters. The van der Waals surface area contributed by atoms with E-state index in [2.05, 4.69) is 5.32 Å². The summed E-state index contributed by atoms with van der Waals surface area (Å²) in [5.41, 5.74) is 3.27. The maximum atomic E-state index is 14.2. The van der Waals surface area contributed by atoms with Crippen molar-refractivity contribution in [2.45, 2.75) is 32.0 Å². The van der Waals surface area contributed by atoms with Gasteiger partial charge in [-0.1, -0.05) is 90.5 Å². The summed E-state index contributed by atoms with van der Waals surface area (Å²) < 4.78 is 37.7. The lowest BCUT2D eigenvalue weighted by Gasteiger charge is -2.33. The van der Waals surface area contributed by atoms with Crippen LogP contribution >= 0.6 is 11.6 Å². The van der Waals surface area contributed by atoms with Crippen molar-refractivity contribution in [1.29, 1.82) is 0 Å². The number of rotatable bonds is 16. The first-order valence-electron chi connectivity index (χ1n) is 15.1. The minimum atomic E-state index is -3.78. The van der Waals surface area contributed by atoms with Crippen LogP contribution in [0.3, 0.4) is 0 Å². The Balaban J connectivity index is 1.63. The van der Waals surface area contributed by atoms with Crippen molar-refractivity contribution in [3.63, 3.8) is 0 Å². The van der Waals surface area contributed by atoms with E-state index in [0.29, 0.717) is 29.5 Å². The summed E-state index contributed by atoms with van der Waals surface area (Å²) in [6.45, 7) is -0.0573. The van der Waals surface area contributed by atoms with Crippen LogP contribution in [0.5, 0.6) is 11.5 Å². The third-order valence-corrected chi connectivity index (χ3v) is 9.13. The van der Waals surface area contributed by atoms with Crippen molar-refractivity contribution < 1.29 is 27.5 Å². The lowest BCUT2D eigenvalue weighted by Crippen LogP contribution is -2.53. The first-order chi connectivity index (χ1) is 22.6.